The number of nitrogens with one attached hydrogen (secondary N) is 2. The molecule has 7 nitrogen and oxygen atoms in total. The Morgan fingerprint density at radius 2 is 2.04 bits per heavy atom. The minimum atomic E-state index is -3.59. The van der Waals surface area contributed by atoms with E-state index < -0.39 is 10.0 Å². The second-order valence-corrected chi connectivity index (χ2v) is 8.29. The Labute approximate surface area is 147 Å². The van der Waals surface area contributed by atoms with Gasteiger partial charge in [-0.2, -0.15) is 0 Å². The molecule has 10 heteroatoms. The van der Waals surface area contributed by atoms with Crippen LogP contribution < -0.4 is 10.6 Å². The van der Waals surface area contributed by atoms with E-state index in [1.165, 1.54) is 20.2 Å². The van der Waals surface area contributed by atoms with Crippen LogP contribution in [-0.4, -0.2) is 76.9 Å². The molecule has 1 aromatic rings. The maximum atomic E-state index is 12.2. The number of hydrogen-bond donors (Lipinski definition) is 2. The van der Waals surface area contributed by atoms with Gasteiger partial charge in [0.05, 0.1) is 0 Å². The molecule has 0 aromatic carbocycles. The van der Waals surface area contributed by atoms with E-state index in [1.54, 1.807) is 5.38 Å². The number of sulfonamides is 1. The predicted molar refractivity (Wildman–Crippen MR) is 94.1 cm³/mol. The number of amides is 1. The van der Waals surface area contributed by atoms with Crippen LogP contribution in [0.3, 0.4) is 0 Å². The molecule has 0 spiro atoms. The van der Waals surface area contributed by atoms with E-state index in [9.17, 15) is 13.2 Å². The molecule has 1 fully saturated rings. The maximum absolute atomic E-state index is 12.2. The molecule has 2 heterocycles. The molecule has 1 aliphatic rings. The van der Waals surface area contributed by atoms with Gasteiger partial charge in [-0.25, -0.2) is 12.7 Å². The molecule has 132 valence electrons. The SMILES string of the molecule is CN(C)S(=O)(=O)c1ccsc1C(=O)NCCN1CCNCC1.Cl. The fourth-order valence-electron chi connectivity index (χ4n) is 2.21. The number of hydrogen-bond acceptors (Lipinski definition) is 6. The summed E-state index contributed by atoms with van der Waals surface area (Å²) in [5, 5.41) is 7.71. The van der Waals surface area contributed by atoms with Crippen LogP contribution in [-0.2, 0) is 10.0 Å². The van der Waals surface area contributed by atoms with Gasteiger partial charge >= 0.3 is 0 Å². The number of halogens is 1. The molecule has 1 aliphatic heterocycles. The van der Waals surface area contributed by atoms with Crippen molar-refractivity contribution in [1.82, 2.24) is 19.8 Å². The molecule has 0 bridgehead atoms. The number of nitrogens with zero attached hydrogens (tertiary/aromatic N) is 2. The third-order valence-electron chi connectivity index (χ3n) is 3.52. The molecule has 0 saturated carbocycles. The number of carbonyl (C=O) groups is 1. The highest BCUT2D eigenvalue weighted by molar-refractivity contribution is 7.89. The first-order chi connectivity index (χ1) is 10.4. The van der Waals surface area contributed by atoms with Crippen molar-refractivity contribution in [2.75, 3.05) is 53.4 Å². The van der Waals surface area contributed by atoms with E-state index >= 15 is 0 Å². The Morgan fingerprint density at radius 1 is 1.39 bits per heavy atom. The van der Waals surface area contributed by atoms with Gasteiger partial charge in [0, 0.05) is 53.4 Å². The average Bonchev–Trinajstić information content (AvgIpc) is 2.98. The van der Waals surface area contributed by atoms with Crippen molar-refractivity contribution in [3.05, 3.63) is 16.3 Å². The number of carbonyl (C=O) groups excluding carboxylic acids is 1. The molecule has 0 unspecified atom stereocenters. The number of piperazine rings is 1. The Bertz CT molecular complexity index is 612. The highest BCUT2D eigenvalue weighted by Gasteiger charge is 2.25. The van der Waals surface area contributed by atoms with Crippen molar-refractivity contribution in [1.29, 1.82) is 0 Å². The van der Waals surface area contributed by atoms with Gasteiger partial charge in [-0.1, -0.05) is 0 Å². The number of thiophene rings is 1. The highest BCUT2D eigenvalue weighted by atomic mass is 35.5. The smallest absolute Gasteiger partial charge is 0.262 e. The fraction of sp³-hybridized carbons (Fsp3) is 0.615. The van der Waals surface area contributed by atoms with E-state index in [0.717, 1.165) is 48.4 Å². The zero-order chi connectivity index (χ0) is 16.2. The zero-order valence-corrected chi connectivity index (χ0v) is 15.7. The lowest BCUT2D eigenvalue weighted by atomic mass is 10.3. The summed E-state index contributed by atoms with van der Waals surface area (Å²) in [7, 11) is -0.676. The third kappa shape index (κ3) is 5.13. The molecular weight excluding hydrogens is 360 g/mol. The fourth-order valence-corrected chi connectivity index (χ4v) is 4.42. The molecule has 2 N–H and O–H groups in total. The molecule has 0 atom stereocenters. The molecule has 1 saturated heterocycles. The van der Waals surface area contributed by atoms with Crippen LogP contribution in [0.1, 0.15) is 9.67 Å². The van der Waals surface area contributed by atoms with Crippen LogP contribution >= 0.6 is 23.7 Å². The van der Waals surface area contributed by atoms with Crippen LogP contribution in [0.25, 0.3) is 0 Å². The second-order valence-electron chi connectivity index (χ2n) is 5.25. The van der Waals surface area contributed by atoms with E-state index in [1.807, 2.05) is 0 Å². The van der Waals surface area contributed by atoms with Crippen molar-refractivity contribution in [3.63, 3.8) is 0 Å². The first-order valence-corrected chi connectivity index (χ1v) is 9.46. The lowest BCUT2D eigenvalue weighted by molar-refractivity contribution is 0.0948. The van der Waals surface area contributed by atoms with Crippen molar-refractivity contribution in [2.45, 2.75) is 4.90 Å². The quantitative estimate of drug-likeness (QED) is 0.726. The minimum Gasteiger partial charge on any atom is -0.350 e. The van der Waals surface area contributed by atoms with Gasteiger partial charge in [0.15, 0.2) is 0 Å². The van der Waals surface area contributed by atoms with Gasteiger partial charge in [0.2, 0.25) is 10.0 Å². The largest absolute Gasteiger partial charge is 0.350 e. The monoisotopic (exact) mass is 382 g/mol. The lowest BCUT2D eigenvalue weighted by Crippen LogP contribution is -2.46. The normalized spacial score (nSPS) is 16.1. The Morgan fingerprint density at radius 3 is 2.65 bits per heavy atom. The molecule has 0 radical (unpaired) electrons. The van der Waals surface area contributed by atoms with E-state index in [2.05, 4.69) is 15.5 Å². The van der Waals surface area contributed by atoms with Gasteiger partial charge in [0.1, 0.15) is 9.77 Å². The summed E-state index contributed by atoms with van der Waals surface area (Å²) in [6, 6.07) is 1.48. The predicted octanol–water partition coefficient (Wildman–Crippen LogP) is 0.0552. The van der Waals surface area contributed by atoms with Gasteiger partial charge < -0.3 is 10.6 Å². The first kappa shape index (κ1) is 20.3. The number of rotatable bonds is 6. The van der Waals surface area contributed by atoms with Crippen molar-refractivity contribution < 1.29 is 13.2 Å². The summed E-state index contributed by atoms with van der Waals surface area (Å²) in [5.41, 5.74) is 0. The van der Waals surface area contributed by atoms with Gasteiger partial charge in [0.25, 0.3) is 5.91 Å². The highest BCUT2D eigenvalue weighted by Crippen LogP contribution is 2.23. The molecule has 23 heavy (non-hydrogen) atoms. The minimum absolute atomic E-state index is 0. The summed E-state index contributed by atoms with van der Waals surface area (Å²) in [6.07, 6.45) is 0. The summed E-state index contributed by atoms with van der Waals surface area (Å²) in [6.45, 7) is 5.14. The summed E-state index contributed by atoms with van der Waals surface area (Å²) in [5.74, 6) is -0.328. The Hall–Kier alpha value is -0.710. The maximum Gasteiger partial charge on any atom is 0.262 e. The Kier molecular flexibility index (Phi) is 7.91. The summed E-state index contributed by atoms with van der Waals surface area (Å²) >= 11 is 1.15. The van der Waals surface area contributed by atoms with E-state index in [0.29, 0.717) is 6.54 Å². The lowest BCUT2D eigenvalue weighted by Gasteiger charge is -2.27. The topological polar surface area (TPSA) is 81.8 Å². The van der Waals surface area contributed by atoms with Crippen LogP contribution in [0.15, 0.2) is 16.3 Å². The van der Waals surface area contributed by atoms with Crippen LogP contribution in [0, 0.1) is 0 Å². The second kappa shape index (κ2) is 8.95. The van der Waals surface area contributed by atoms with Crippen LogP contribution in [0.2, 0.25) is 0 Å². The average molecular weight is 383 g/mol. The van der Waals surface area contributed by atoms with Crippen molar-refractivity contribution in [3.8, 4) is 0 Å². The van der Waals surface area contributed by atoms with Gasteiger partial charge in [-0.15, -0.1) is 23.7 Å². The standard InChI is InChI=1S/C13H22N4O3S2.ClH/c1-16(2)22(19,20)11-3-10-21-12(11)13(18)15-6-9-17-7-4-14-5-8-17;/h3,10,14H,4-9H2,1-2H3,(H,15,18);1H. The molecule has 1 amide bonds. The zero-order valence-electron chi connectivity index (χ0n) is 13.2. The summed E-state index contributed by atoms with van der Waals surface area (Å²) < 4.78 is 25.5. The van der Waals surface area contributed by atoms with E-state index in [-0.39, 0.29) is 28.1 Å². The molecule has 1 aromatic heterocycles. The first-order valence-electron chi connectivity index (χ1n) is 7.14. The van der Waals surface area contributed by atoms with E-state index in [4.69, 9.17) is 0 Å². The third-order valence-corrected chi connectivity index (χ3v) is 6.42. The molecular formula is C13H23ClN4O3S2. The Balaban J connectivity index is 0.00000264. The molecule has 0 aliphatic carbocycles. The molecule has 2 rings (SSSR count). The van der Waals surface area contributed by atoms with Crippen molar-refractivity contribution >= 4 is 39.7 Å². The van der Waals surface area contributed by atoms with Crippen molar-refractivity contribution in [2.24, 2.45) is 0 Å². The van der Waals surface area contributed by atoms with Gasteiger partial charge in [-0.3, -0.25) is 9.69 Å². The van der Waals surface area contributed by atoms with Crippen LogP contribution in [0.5, 0.6) is 0 Å². The van der Waals surface area contributed by atoms with Crippen LogP contribution in [0.4, 0.5) is 0 Å². The van der Waals surface area contributed by atoms with Gasteiger partial charge in [-0.05, 0) is 11.4 Å². The summed E-state index contributed by atoms with van der Waals surface area (Å²) in [4.78, 5) is 14.8.